The Morgan fingerprint density at radius 1 is 1.37 bits per heavy atom. The molecule has 0 atom stereocenters. The third-order valence-corrected chi connectivity index (χ3v) is 4.34. The first-order valence-corrected chi connectivity index (χ1v) is 7.12. The lowest BCUT2D eigenvalue weighted by Gasteiger charge is -2.08. The Morgan fingerprint density at radius 2 is 2.05 bits per heavy atom. The molecule has 2 rings (SSSR count). The lowest BCUT2D eigenvalue weighted by Crippen LogP contribution is -2.14. The van der Waals surface area contributed by atoms with Crippen molar-refractivity contribution in [3.05, 3.63) is 28.0 Å². The van der Waals surface area contributed by atoms with Crippen molar-refractivity contribution in [2.45, 2.75) is 11.8 Å². The van der Waals surface area contributed by atoms with Crippen LogP contribution in [0.5, 0.6) is 0 Å². The van der Waals surface area contributed by atoms with Crippen LogP contribution >= 0.6 is 23.2 Å². The second-order valence-corrected chi connectivity index (χ2v) is 5.96. The van der Waals surface area contributed by atoms with Crippen LogP contribution in [-0.2, 0) is 10.0 Å². The summed E-state index contributed by atoms with van der Waals surface area (Å²) in [5.41, 5.74) is 5.55. The summed E-state index contributed by atoms with van der Waals surface area (Å²) in [4.78, 5) is 3.49. The third-order valence-electron chi connectivity index (χ3n) is 2.13. The zero-order valence-corrected chi connectivity index (χ0v) is 11.8. The highest BCUT2D eigenvalue weighted by Gasteiger charge is 2.22. The smallest absolute Gasteiger partial charge is 0.335 e. The Labute approximate surface area is 118 Å². The summed E-state index contributed by atoms with van der Waals surface area (Å²) in [5, 5.41) is 3.45. The van der Waals surface area contributed by atoms with Gasteiger partial charge in [-0.2, -0.15) is 4.98 Å². The number of aryl methyl sites for hydroxylation is 1. The number of benzene rings is 1. The fourth-order valence-corrected chi connectivity index (χ4v) is 2.96. The van der Waals surface area contributed by atoms with Crippen molar-refractivity contribution < 1.29 is 12.9 Å². The van der Waals surface area contributed by atoms with Crippen LogP contribution in [0.3, 0.4) is 0 Å². The molecule has 0 fully saturated rings. The predicted molar refractivity (Wildman–Crippen MR) is 70.7 cm³/mol. The zero-order valence-electron chi connectivity index (χ0n) is 9.52. The van der Waals surface area contributed by atoms with Gasteiger partial charge in [0.15, 0.2) is 5.82 Å². The molecule has 19 heavy (non-hydrogen) atoms. The van der Waals surface area contributed by atoms with Crippen LogP contribution in [0.25, 0.3) is 0 Å². The average Bonchev–Trinajstić information content (AvgIpc) is 2.70. The van der Waals surface area contributed by atoms with E-state index in [4.69, 9.17) is 28.9 Å². The molecular weight excluding hydrogens is 315 g/mol. The number of aromatic nitrogens is 2. The van der Waals surface area contributed by atoms with Gasteiger partial charge in [-0.25, -0.2) is 13.1 Å². The molecule has 10 heteroatoms. The fraction of sp³-hybridized carbons (Fsp3) is 0.111. The van der Waals surface area contributed by atoms with Gasteiger partial charge in [0.1, 0.15) is 4.90 Å². The van der Waals surface area contributed by atoms with Crippen molar-refractivity contribution in [1.29, 1.82) is 0 Å². The van der Waals surface area contributed by atoms with Crippen molar-refractivity contribution in [2.24, 2.45) is 0 Å². The van der Waals surface area contributed by atoms with Crippen molar-refractivity contribution in [1.82, 2.24) is 10.1 Å². The van der Waals surface area contributed by atoms with E-state index in [9.17, 15) is 8.42 Å². The van der Waals surface area contributed by atoms with Crippen molar-refractivity contribution in [3.8, 4) is 0 Å². The maximum absolute atomic E-state index is 12.1. The fourth-order valence-electron chi connectivity index (χ4n) is 1.27. The standard InChI is InChI=1S/C9H8Cl2N4O3S/c1-4-13-9(18-14-4)15-19(16,17)6-3-2-5(10)8(12)7(6)11/h2-3H,12H2,1H3,(H,13,14,15). The first-order valence-electron chi connectivity index (χ1n) is 4.88. The van der Waals surface area contributed by atoms with Gasteiger partial charge in [0.25, 0.3) is 10.0 Å². The molecule has 0 spiro atoms. The second-order valence-electron chi connectivity index (χ2n) is 3.53. The van der Waals surface area contributed by atoms with E-state index in [0.717, 1.165) is 0 Å². The van der Waals surface area contributed by atoms with E-state index in [1.807, 2.05) is 0 Å². The molecule has 0 unspecified atom stereocenters. The summed E-state index contributed by atoms with van der Waals surface area (Å²) < 4.78 is 30.9. The number of nitrogens with one attached hydrogen (secondary N) is 1. The molecular formula is C9H8Cl2N4O3S. The van der Waals surface area contributed by atoms with E-state index < -0.39 is 10.0 Å². The van der Waals surface area contributed by atoms with E-state index >= 15 is 0 Å². The molecule has 0 saturated heterocycles. The minimum atomic E-state index is -3.99. The first kappa shape index (κ1) is 13.9. The van der Waals surface area contributed by atoms with Crippen LogP contribution in [-0.4, -0.2) is 18.6 Å². The molecule has 1 aromatic carbocycles. The number of nitrogen functional groups attached to an aromatic ring is 1. The summed E-state index contributed by atoms with van der Waals surface area (Å²) in [6.45, 7) is 1.55. The number of nitrogens with two attached hydrogens (primary N) is 1. The van der Waals surface area contributed by atoms with Gasteiger partial charge in [-0.05, 0) is 19.1 Å². The molecule has 3 N–H and O–H groups in total. The highest BCUT2D eigenvalue weighted by Crippen LogP contribution is 2.33. The molecule has 0 aliphatic carbocycles. The van der Waals surface area contributed by atoms with Crippen molar-refractivity contribution >= 4 is 44.9 Å². The average molecular weight is 323 g/mol. The maximum Gasteiger partial charge on any atom is 0.335 e. The van der Waals surface area contributed by atoms with Gasteiger partial charge < -0.3 is 10.3 Å². The second kappa shape index (κ2) is 4.87. The Morgan fingerprint density at radius 3 is 2.63 bits per heavy atom. The van der Waals surface area contributed by atoms with Crippen LogP contribution in [0.2, 0.25) is 10.0 Å². The van der Waals surface area contributed by atoms with E-state index in [1.165, 1.54) is 12.1 Å². The lowest BCUT2D eigenvalue weighted by atomic mass is 10.3. The highest BCUT2D eigenvalue weighted by atomic mass is 35.5. The van der Waals surface area contributed by atoms with Gasteiger partial charge in [-0.1, -0.05) is 28.4 Å². The van der Waals surface area contributed by atoms with E-state index in [2.05, 4.69) is 19.4 Å². The number of rotatable bonds is 3. The molecule has 102 valence electrons. The van der Waals surface area contributed by atoms with E-state index in [0.29, 0.717) is 5.82 Å². The Hall–Kier alpha value is -1.51. The number of anilines is 2. The minimum absolute atomic E-state index is 0.0204. The molecule has 0 amide bonds. The quantitative estimate of drug-likeness (QED) is 0.836. The topological polar surface area (TPSA) is 111 Å². The molecule has 0 radical (unpaired) electrons. The van der Waals surface area contributed by atoms with Gasteiger partial charge in [0.2, 0.25) is 0 Å². The van der Waals surface area contributed by atoms with Crippen LogP contribution in [0.15, 0.2) is 21.6 Å². The van der Waals surface area contributed by atoms with Crippen LogP contribution in [0.1, 0.15) is 5.82 Å². The Bertz CT molecular complexity index is 729. The SMILES string of the molecule is Cc1noc(NS(=O)(=O)c2ccc(Cl)c(N)c2Cl)n1. The largest absolute Gasteiger partial charge is 0.396 e. The molecule has 0 aliphatic rings. The Balaban J connectivity index is 2.43. The van der Waals surface area contributed by atoms with E-state index in [-0.39, 0.29) is 26.6 Å². The Kier molecular flexibility index (Phi) is 3.57. The summed E-state index contributed by atoms with van der Waals surface area (Å²) in [6.07, 6.45) is 0. The lowest BCUT2D eigenvalue weighted by molar-refractivity contribution is 0.429. The number of hydrogen-bond acceptors (Lipinski definition) is 6. The third kappa shape index (κ3) is 2.75. The molecule has 0 bridgehead atoms. The van der Waals surface area contributed by atoms with Crippen molar-refractivity contribution in [3.63, 3.8) is 0 Å². The maximum atomic E-state index is 12.1. The van der Waals surface area contributed by atoms with Crippen LogP contribution in [0.4, 0.5) is 11.7 Å². The van der Waals surface area contributed by atoms with Crippen LogP contribution < -0.4 is 10.5 Å². The van der Waals surface area contributed by atoms with E-state index in [1.54, 1.807) is 6.92 Å². The van der Waals surface area contributed by atoms with Crippen molar-refractivity contribution in [2.75, 3.05) is 10.5 Å². The summed E-state index contributed by atoms with van der Waals surface area (Å²) in [6, 6.07) is 2.30. The molecule has 0 aliphatic heterocycles. The molecule has 2 aromatic rings. The molecule has 1 heterocycles. The van der Waals surface area contributed by atoms with Crippen LogP contribution in [0, 0.1) is 6.92 Å². The molecule has 1 aromatic heterocycles. The number of nitrogens with zero attached hydrogens (tertiary/aromatic N) is 2. The summed E-state index contributed by atoms with van der Waals surface area (Å²) in [7, 11) is -3.99. The van der Waals surface area contributed by atoms with Gasteiger partial charge in [0, 0.05) is 0 Å². The number of sulfonamides is 1. The molecule has 7 nitrogen and oxygen atoms in total. The predicted octanol–water partition coefficient (Wildman–Crippen LogP) is 2.07. The first-order chi connectivity index (χ1) is 8.81. The summed E-state index contributed by atoms with van der Waals surface area (Å²) in [5.74, 6) is 0.291. The van der Waals surface area contributed by atoms with Gasteiger partial charge in [-0.3, -0.25) is 0 Å². The highest BCUT2D eigenvalue weighted by molar-refractivity contribution is 7.92. The normalized spacial score (nSPS) is 11.5. The number of hydrogen-bond donors (Lipinski definition) is 2. The van der Waals surface area contributed by atoms with Gasteiger partial charge in [-0.15, -0.1) is 0 Å². The summed E-state index contributed by atoms with van der Waals surface area (Å²) >= 11 is 11.6. The molecule has 0 saturated carbocycles. The van der Waals surface area contributed by atoms with Gasteiger partial charge >= 0.3 is 6.01 Å². The zero-order chi connectivity index (χ0) is 14.2. The number of halogens is 2. The minimum Gasteiger partial charge on any atom is -0.396 e. The van der Waals surface area contributed by atoms with Gasteiger partial charge in [0.05, 0.1) is 15.7 Å². The monoisotopic (exact) mass is 322 g/mol.